The van der Waals surface area contributed by atoms with Crippen molar-refractivity contribution < 1.29 is 19.1 Å². The molecule has 2 aromatic carbocycles. The van der Waals surface area contributed by atoms with E-state index in [1.807, 2.05) is 76.2 Å². The Kier molecular flexibility index (Phi) is 6.88. The number of benzene rings is 2. The van der Waals surface area contributed by atoms with Gasteiger partial charge in [-0.15, -0.1) is 0 Å². The monoisotopic (exact) mass is 424 g/mol. The van der Waals surface area contributed by atoms with E-state index in [1.165, 1.54) is 5.56 Å². The van der Waals surface area contributed by atoms with E-state index in [0.29, 0.717) is 31.7 Å². The molecular formula is C25H32N2O4. The van der Waals surface area contributed by atoms with Crippen molar-refractivity contribution in [2.45, 2.75) is 46.1 Å². The highest BCUT2D eigenvalue weighted by atomic mass is 16.5. The Labute approximate surface area is 184 Å². The maximum Gasteiger partial charge on any atom is 0.258 e. The normalized spacial score (nSPS) is 22.2. The molecule has 6 heteroatoms. The van der Waals surface area contributed by atoms with Gasteiger partial charge in [0.2, 0.25) is 5.91 Å². The molecule has 0 aromatic heterocycles. The number of nitrogens with one attached hydrogen (secondary N) is 2. The van der Waals surface area contributed by atoms with Gasteiger partial charge in [0, 0.05) is 5.54 Å². The van der Waals surface area contributed by atoms with Gasteiger partial charge in [-0.05, 0) is 57.9 Å². The fourth-order valence-electron chi connectivity index (χ4n) is 4.26. The molecule has 0 radical (unpaired) electrons. The van der Waals surface area contributed by atoms with E-state index in [0.717, 1.165) is 11.3 Å². The molecule has 0 spiro atoms. The van der Waals surface area contributed by atoms with E-state index in [2.05, 4.69) is 10.6 Å². The summed E-state index contributed by atoms with van der Waals surface area (Å²) in [5.74, 6) is 1.26. The van der Waals surface area contributed by atoms with Gasteiger partial charge in [-0.2, -0.15) is 0 Å². The Morgan fingerprint density at radius 1 is 0.871 bits per heavy atom. The second kappa shape index (κ2) is 9.41. The van der Waals surface area contributed by atoms with Crippen molar-refractivity contribution in [3.05, 3.63) is 59.7 Å². The molecule has 0 heterocycles. The third kappa shape index (κ3) is 6.23. The summed E-state index contributed by atoms with van der Waals surface area (Å²) in [5.41, 5.74) is 1.41. The average molecular weight is 425 g/mol. The van der Waals surface area contributed by atoms with Crippen LogP contribution in [-0.4, -0.2) is 37.1 Å². The lowest BCUT2D eigenvalue weighted by atomic mass is 9.58. The van der Waals surface area contributed by atoms with Crippen LogP contribution in [0.3, 0.4) is 0 Å². The van der Waals surface area contributed by atoms with Crippen LogP contribution in [0, 0.1) is 19.3 Å². The quantitative estimate of drug-likeness (QED) is 0.604. The predicted octanol–water partition coefficient (Wildman–Crippen LogP) is 3.55. The van der Waals surface area contributed by atoms with Crippen LogP contribution in [0.2, 0.25) is 0 Å². The molecule has 6 nitrogen and oxygen atoms in total. The molecule has 31 heavy (non-hydrogen) atoms. The Bertz CT molecular complexity index is 900. The summed E-state index contributed by atoms with van der Waals surface area (Å²) in [5, 5.41) is 5.96. The number of aryl methyl sites for hydroxylation is 2. The number of ether oxygens (including phenoxy) is 2. The summed E-state index contributed by atoms with van der Waals surface area (Å²) in [7, 11) is 0. The average Bonchev–Trinajstić information content (AvgIpc) is 2.70. The van der Waals surface area contributed by atoms with Crippen molar-refractivity contribution in [2.75, 3.05) is 19.8 Å². The lowest BCUT2D eigenvalue weighted by Gasteiger charge is -2.52. The SMILES string of the molecule is Cc1ccc(OCCNC(=O)C2(C)CC(C)(NC(=O)COc3ccc(C)cc3)C2)cc1. The van der Waals surface area contributed by atoms with Crippen LogP contribution in [0.15, 0.2) is 48.5 Å². The van der Waals surface area contributed by atoms with Crippen LogP contribution < -0.4 is 20.1 Å². The van der Waals surface area contributed by atoms with E-state index >= 15 is 0 Å². The van der Waals surface area contributed by atoms with Crippen LogP contribution in [0.25, 0.3) is 0 Å². The molecular weight excluding hydrogens is 392 g/mol. The number of rotatable bonds is 9. The zero-order chi connectivity index (χ0) is 22.5. The third-order valence-corrected chi connectivity index (χ3v) is 5.62. The largest absolute Gasteiger partial charge is 0.492 e. The first kappa shape index (κ1) is 22.7. The minimum atomic E-state index is -0.496. The van der Waals surface area contributed by atoms with Crippen LogP contribution in [0.5, 0.6) is 11.5 Å². The highest BCUT2D eigenvalue weighted by molar-refractivity contribution is 5.85. The second-order valence-electron chi connectivity index (χ2n) is 9.04. The van der Waals surface area contributed by atoms with Gasteiger partial charge in [-0.1, -0.05) is 42.3 Å². The van der Waals surface area contributed by atoms with E-state index in [1.54, 1.807) is 0 Å². The highest BCUT2D eigenvalue weighted by Crippen LogP contribution is 2.48. The fraction of sp³-hybridized carbons (Fsp3) is 0.440. The smallest absolute Gasteiger partial charge is 0.258 e. The minimum absolute atomic E-state index is 0.0114. The Balaban J connectivity index is 1.36. The summed E-state index contributed by atoms with van der Waals surface area (Å²) >= 11 is 0. The molecule has 0 atom stereocenters. The van der Waals surface area contributed by atoms with E-state index in [9.17, 15) is 9.59 Å². The zero-order valence-electron chi connectivity index (χ0n) is 18.8. The summed E-state index contributed by atoms with van der Waals surface area (Å²) in [6, 6.07) is 15.4. The summed E-state index contributed by atoms with van der Waals surface area (Å²) in [6.45, 7) is 8.73. The van der Waals surface area contributed by atoms with E-state index in [4.69, 9.17) is 9.47 Å². The van der Waals surface area contributed by atoms with Gasteiger partial charge in [0.25, 0.3) is 5.91 Å². The van der Waals surface area contributed by atoms with Crippen molar-refractivity contribution in [1.82, 2.24) is 10.6 Å². The van der Waals surface area contributed by atoms with Crippen molar-refractivity contribution in [2.24, 2.45) is 5.41 Å². The lowest BCUT2D eigenvalue weighted by Crippen LogP contribution is -2.64. The second-order valence-corrected chi connectivity index (χ2v) is 9.04. The van der Waals surface area contributed by atoms with E-state index in [-0.39, 0.29) is 18.4 Å². The molecule has 0 aliphatic heterocycles. The maximum atomic E-state index is 12.6. The van der Waals surface area contributed by atoms with Gasteiger partial charge in [0.1, 0.15) is 18.1 Å². The molecule has 1 aliphatic carbocycles. The first-order valence-corrected chi connectivity index (χ1v) is 10.7. The van der Waals surface area contributed by atoms with Crippen LogP contribution >= 0.6 is 0 Å². The molecule has 0 unspecified atom stereocenters. The maximum absolute atomic E-state index is 12.6. The van der Waals surface area contributed by atoms with Gasteiger partial charge in [0.15, 0.2) is 6.61 Å². The number of carbonyl (C=O) groups is 2. The first-order chi connectivity index (χ1) is 14.7. The number of hydrogen-bond acceptors (Lipinski definition) is 4. The summed E-state index contributed by atoms with van der Waals surface area (Å²) in [6.07, 6.45) is 1.17. The molecule has 2 amide bonds. The van der Waals surface area contributed by atoms with Crippen molar-refractivity contribution in [1.29, 1.82) is 0 Å². The first-order valence-electron chi connectivity index (χ1n) is 10.7. The zero-order valence-corrected chi connectivity index (χ0v) is 18.8. The van der Waals surface area contributed by atoms with Crippen LogP contribution in [0.4, 0.5) is 0 Å². The molecule has 1 aliphatic rings. The minimum Gasteiger partial charge on any atom is -0.492 e. The van der Waals surface area contributed by atoms with Gasteiger partial charge in [0.05, 0.1) is 12.0 Å². The summed E-state index contributed by atoms with van der Waals surface area (Å²) < 4.78 is 11.2. The number of carbonyl (C=O) groups excluding carboxylic acids is 2. The van der Waals surface area contributed by atoms with Crippen molar-refractivity contribution in [3.63, 3.8) is 0 Å². The molecule has 1 saturated carbocycles. The molecule has 0 bridgehead atoms. The van der Waals surface area contributed by atoms with Gasteiger partial charge in [-0.3, -0.25) is 9.59 Å². The lowest BCUT2D eigenvalue weighted by molar-refractivity contribution is -0.143. The van der Waals surface area contributed by atoms with Crippen LogP contribution in [-0.2, 0) is 9.59 Å². The molecule has 2 aromatic rings. The van der Waals surface area contributed by atoms with E-state index < -0.39 is 11.0 Å². The number of amides is 2. The van der Waals surface area contributed by atoms with Crippen LogP contribution in [0.1, 0.15) is 37.8 Å². The van der Waals surface area contributed by atoms with Crippen molar-refractivity contribution >= 4 is 11.8 Å². The van der Waals surface area contributed by atoms with Gasteiger partial charge < -0.3 is 20.1 Å². The molecule has 1 fully saturated rings. The Hall–Kier alpha value is -3.02. The Morgan fingerprint density at radius 2 is 1.39 bits per heavy atom. The topological polar surface area (TPSA) is 76.7 Å². The third-order valence-electron chi connectivity index (χ3n) is 5.62. The molecule has 166 valence electrons. The predicted molar refractivity (Wildman–Crippen MR) is 120 cm³/mol. The molecule has 0 saturated heterocycles. The molecule has 2 N–H and O–H groups in total. The molecule has 3 rings (SSSR count). The highest BCUT2D eigenvalue weighted by Gasteiger charge is 2.53. The van der Waals surface area contributed by atoms with Gasteiger partial charge >= 0.3 is 0 Å². The standard InChI is InChI=1S/C25H32N2O4/c1-18-5-9-20(10-6-18)30-14-13-26-23(29)24(3)16-25(4,17-24)27-22(28)15-31-21-11-7-19(2)8-12-21/h5-12H,13-17H2,1-4H3,(H,26,29)(H,27,28). The Morgan fingerprint density at radius 3 is 1.94 bits per heavy atom. The number of hydrogen-bond donors (Lipinski definition) is 2. The van der Waals surface area contributed by atoms with Gasteiger partial charge in [-0.25, -0.2) is 0 Å². The fourth-order valence-corrected chi connectivity index (χ4v) is 4.26. The summed E-state index contributed by atoms with van der Waals surface area (Å²) in [4.78, 5) is 24.9. The van der Waals surface area contributed by atoms with Crippen molar-refractivity contribution in [3.8, 4) is 11.5 Å².